The Morgan fingerprint density at radius 3 is 2.38 bits per heavy atom. The molecule has 0 atom stereocenters. The molecular formula is C15H19Hf+. The minimum atomic E-state index is 0. The molecule has 0 fully saturated rings. The SMILES string of the molecule is C[c-]1ccc2cc3c(cc21)CCC3.[CH3-].[CH3-].[Hf+4]. The van der Waals surface area contributed by atoms with E-state index in [0.717, 1.165) is 0 Å². The number of hydrogen-bond donors (Lipinski definition) is 0. The van der Waals surface area contributed by atoms with Gasteiger partial charge in [-0.05, 0) is 19.3 Å². The Morgan fingerprint density at radius 2 is 1.69 bits per heavy atom. The summed E-state index contributed by atoms with van der Waals surface area (Å²) in [6, 6.07) is 9.24. The van der Waals surface area contributed by atoms with Gasteiger partial charge in [0.05, 0.1) is 0 Å². The first-order chi connectivity index (χ1) is 6.34. The van der Waals surface area contributed by atoms with E-state index in [-0.39, 0.29) is 40.7 Å². The van der Waals surface area contributed by atoms with Crippen molar-refractivity contribution in [1.82, 2.24) is 0 Å². The number of hydrogen-bond acceptors (Lipinski definition) is 0. The minimum absolute atomic E-state index is 0. The fourth-order valence-corrected chi connectivity index (χ4v) is 2.43. The van der Waals surface area contributed by atoms with Crippen molar-refractivity contribution in [2.24, 2.45) is 0 Å². The molecule has 0 unspecified atom stereocenters. The minimum Gasteiger partial charge on any atom is -0.358 e. The molecule has 82 valence electrons. The summed E-state index contributed by atoms with van der Waals surface area (Å²) in [5, 5.41) is 2.89. The van der Waals surface area contributed by atoms with Gasteiger partial charge in [-0.15, -0.1) is 28.5 Å². The first-order valence-corrected chi connectivity index (χ1v) is 5.02. The standard InChI is InChI=1S/C13H13.2CH3.Hf/c1-9-5-6-12-7-10-3-2-4-11(10)8-13(9)12;;;/h5-8H,2-4H2,1H3;2*1H3;/q3*-1;+4. The second-order valence-electron chi connectivity index (χ2n) is 4.08. The van der Waals surface area contributed by atoms with E-state index in [1.54, 1.807) is 11.1 Å². The Morgan fingerprint density at radius 1 is 1.06 bits per heavy atom. The van der Waals surface area contributed by atoms with E-state index in [4.69, 9.17) is 0 Å². The Labute approximate surface area is 118 Å². The molecule has 1 aliphatic rings. The summed E-state index contributed by atoms with van der Waals surface area (Å²) in [5.74, 6) is 0. The molecule has 1 heteroatoms. The molecule has 0 spiro atoms. The van der Waals surface area contributed by atoms with E-state index in [2.05, 4.69) is 31.2 Å². The van der Waals surface area contributed by atoms with Gasteiger partial charge in [-0.2, -0.15) is 12.1 Å². The zero-order valence-corrected chi connectivity index (χ0v) is 14.0. The van der Waals surface area contributed by atoms with Crippen molar-refractivity contribution in [2.75, 3.05) is 0 Å². The molecule has 0 nitrogen and oxygen atoms in total. The third-order valence-corrected chi connectivity index (χ3v) is 3.20. The molecule has 0 bridgehead atoms. The smallest absolute Gasteiger partial charge is 0.358 e. The Hall–Kier alpha value is -0.300. The van der Waals surface area contributed by atoms with Crippen LogP contribution in [0.1, 0.15) is 23.1 Å². The zero-order valence-electron chi connectivity index (χ0n) is 10.4. The molecule has 2 aromatic rings. The fraction of sp³-hybridized carbons (Fsp3) is 0.267. The van der Waals surface area contributed by atoms with Crippen LogP contribution in [0.15, 0.2) is 24.3 Å². The van der Waals surface area contributed by atoms with Gasteiger partial charge in [-0.3, -0.25) is 0 Å². The van der Waals surface area contributed by atoms with Crippen molar-refractivity contribution in [3.05, 3.63) is 55.8 Å². The van der Waals surface area contributed by atoms with Crippen molar-refractivity contribution in [1.29, 1.82) is 0 Å². The van der Waals surface area contributed by atoms with Crippen LogP contribution in [0.5, 0.6) is 0 Å². The van der Waals surface area contributed by atoms with E-state index >= 15 is 0 Å². The summed E-state index contributed by atoms with van der Waals surface area (Å²) in [5.41, 5.74) is 4.59. The average Bonchev–Trinajstić information content (AvgIpc) is 2.70. The van der Waals surface area contributed by atoms with Crippen LogP contribution in [0.4, 0.5) is 0 Å². The largest absolute Gasteiger partial charge is 4.00 e. The third kappa shape index (κ3) is 2.34. The molecule has 0 radical (unpaired) electrons. The van der Waals surface area contributed by atoms with E-state index in [1.165, 1.54) is 35.6 Å². The van der Waals surface area contributed by atoms with Crippen LogP contribution in [0.3, 0.4) is 0 Å². The van der Waals surface area contributed by atoms with Crippen LogP contribution in [-0.2, 0) is 38.7 Å². The maximum Gasteiger partial charge on any atom is 4.00 e. The summed E-state index contributed by atoms with van der Waals surface area (Å²) < 4.78 is 0. The summed E-state index contributed by atoms with van der Waals surface area (Å²) in [4.78, 5) is 0. The van der Waals surface area contributed by atoms with Crippen molar-refractivity contribution in [2.45, 2.75) is 26.2 Å². The van der Waals surface area contributed by atoms with Crippen molar-refractivity contribution >= 4 is 10.8 Å². The van der Waals surface area contributed by atoms with Gasteiger partial charge in [0.1, 0.15) is 0 Å². The molecular weight excluding hydrogens is 359 g/mol. The third-order valence-electron chi connectivity index (χ3n) is 3.20. The predicted molar refractivity (Wildman–Crippen MR) is 69.1 cm³/mol. The van der Waals surface area contributed by atoms with E-state index in [9.17, 15) is 0 Å². The van der Waals surface area contributed by atoms with Gasteiger partial charge in [0.25, 0.3) is 0 Å². The number of rotatable bonds is 0. The average molecular weight is 378 g/mol. The molecule has 0 amide bonds. The van der Waals surface area contributed by atoms with Crippen molar-refractivity contribution in [3.63, 3.8) is 0 Å². The van der Waals surface area contributed by atoms with Crippen LogP contribution < -0.4 is 0 Å². The summed E-state index contributed by atoms with van der Waals surface area (Å²) in [7, 11) is 0. The summed E-state index contributed by atoms with van der Waals surface area (Å²) in [6.07, 6.45) is 3.92. The second kappa shape index (κ2) is 5.86. The fourth-order valence-electron chi connectivity index (χ4n) is 2.43. The molecule has 0 aromatic heterocycles. The molecule has 0 saturated carbocycles. The molecule has 16 heavy (non-hydrogen) atoms. The Bertz CT molecular complexity index is 465. The quantitative estimate of drug-likeness (QED) is 0.475. The molecule has 0 N–H and O–H groups in total. The number of aryl methyl sites for hydroxylation is 3. The van der Waals surface area contributed by atoms with Gasteiger partial charge in [0.2, 0.25) is 0 Å². The molecule has 2 aromatic carbocycles. The summed E-state index contributed by atoms with van der Waals surface area (Å²) >= 11 is 0. The summed E-state index contributed by atoms with van der Waals surface area (Å²) in [6.45, 7) is 2.20. The maximum atomic E-state index is 2.40. The van der Waals surface area contributed by atoms with E-state index < -0.39 is 0 Å². The van der Waals surface area contributed by atoms with Gasteiger partial charge in [0, 0.05) is 0 Å². The first-order valence-electron chi connectivity index (χ1n) is 5.02. The van der Waals surface area contributed by atoms with Crippen LogP contribution in [0.2, 0.25) is 0 Å². The van der Waals surface area contributed by atoms with Gasteiger partial charge in [0.15, 0.2) is 0 Å². The molecule has 1 aliphatic carbocycles. The van der Waals surface area contributed by atoms with Crippen LogP contribution >= 0.6 is 0 Å². The topological polar surface area (TPSA) is 0 Å². The normalized spacial score (nSPS) is 12.3. The molecule has 0 saturated heterocycles. The van der Waals surface area contributed by atoms with Gasteiger partial charge < -0.3 is 14.9 Å². The van der Waals surface area contributed by atoms with Crippen molar-refractivity contribution < 1.29 is 25.8 Å². The molecule has 3 rings (SSSR count). The Balaban J connectivity index is 0.000000750. The van der Waals surface area contributed by atoms with Gasteiger partial charge in [-0.25, -0.2) is 0 Å². The second-order valence-corrected chi connectivity index (χ2v) is 4.08. The van der Waals surface area contributed by atoms with E-state index in [0.29, 0.717) is 0 Å². The number of benzene rings is 1. The molecule has 0 heterocycles. The van der Waals surface area contributed by atoms with Crippen LogP contribution in [-0.4, -0.2) is 0 Å². The molecule has 0 aliphatic heterocycles. The predicted octanol–water partition coefficient (Wildman–Crippen LogP) is 4.25. The number of fused-ring (bicyclic) bond motifs is 2. The monoisotopic (exact) mass is 379 g/mol. The Kier molecular flexibility index (Phi) is 5.75. The van der Waals surface area contributed by atoms with Crippen LogP contribution in [0.25, 0.3) is 10.8 Å². The van der Waals surface area contributed by atoms with Gasteiger partial charge >= 0.3 is 25.8 Å². The van der Waals surface area contributed by atoms with E-state index in [1.807, 2.05) is 0 Å². The maximum absolute atomic E-state index is 2.40. The van der Waals surface area contributed by atoms with Crippen LogP contribution in [0, 0.1) is 21.8 Å². The van der Waals surface area contributed by atoms with Crippen molar-refractivity contribution in [3.8, 4) is 0 Å². The first kappa shape index (κ1) is 15.7. The zero-order chi connectivity index (χ0) is 8.84. The van der Waals surface area contributed by atoms with Gasteiger partial charge in [-0.1, -0.05) is 18.1 Å².